The molecule has 2 aliphatic rings. The molecular formula is C20H22N2O6. The SMILES string of the molecule is CC(C)(C)OC(=O)N1C(=O)CCC2(CC(=O)N(c3ccc(C=O)cc3)C2)C1=O. The summed E-state index contributed by atoms with van der Waals surface area (Å²) in [5.74, 6) is -1.59. The monoisotopic (exact) mass is 386 g/mol. The van der Waals surface area contributed by atoms with Crippen LogP contribution in [-0.2, 0) is 19.1 Å². The minimum absolute atomic E-state index is 0.0177. The third-order valence-corrected chi connectivity index (χ3v) is 4.89. The highest BCUT2D eigenvalue weighted by atomic mass is 16.6. The Morgan fingerprint density at radius 2 is 1.75 bits per heavy atom. The Morgan fingerprint density at radius 1 is 1.11 bits per heavy atom. The van der Waals surface area contributed by atoms with E-state index in [2.05, 4.69) is 0 Å². The Bertz CT molecular complexity index is 854. The molecule has 3 rings (SSSR count). The quantitative estimate of drug-likeness (QED) is 0.571. The van der Waals surface area contributed by atoms with E-state index < -0.39 is 28.9 Å². The molecule has 148 valence electrons. The molecular weight excluding hydrogens is 364 g/mol. The average molecular weight is 386 g/mol. The third kappa shape index (κ3) is 3.54. The average Bonchev–Trinajstić information content (AvgIpc) is 2.95. The molecule has 0 aliphatic carbocycles. The summed E-state index contributed by atoms with van der Waals surface area (Å²) in [4.78, 5) is 63.2. The first-order chi connectivity index (χ1) is 13.1. The minimum atomic E-state index is -1.15. The summed E-state index contributed by atoms with van der Waals surface area (Å²) in [7, 11) is 0. The fourth-order valence-corrected chi connectivity index (χ4v) is 3.52. The molecule has 4 amide bonds. The Morgan fingerprint density at radius 3 is 2.32 bits per heavy atom. The lowest BCUT2D eigenvalue weighted by Gasteiger charge is -2.36. The number of carbonyl (C=O) groups is 5. The first kappa shape index (κ1) is 19.7. The molecule has 8 heteroatoms. The molecule has 0 bridgehead atoms. The van der Waals surface area contributed by atoms with E-state index in [4.69, 9.17) is 4.74 Å². The lowest BCUT2D eigenvalue weighted by Crippen LogP contribution is -2.55. The molecule has 0 radical (unpaired) electrons. The van der Waals surface area contributed by atoms with Crippen LogP contribution in [0.4, 0.5) is 10.5 Å². The summed E-state index contributed by atoms with van der Waals surface area (Å²) in [6.07, 6.45) is -0.225. The van der Waals surface area contributed by atoms with Gasteiger partial charge in [0.25, 0.3) is 0 Å². The Kier molecular flexibility index (Phi) is 4.82. The molecule has 0 aromatic heterocycles. The van der Waals surface area contributed by atoms with E-state index in [-0.39, 0.29) is 31.7 Å². The number of likely N-dealkylation sites (tertiary alicyclic amines) is 1. The van der Waals surface area contributed by atoms with Crippen molar-refractivity contribution in [2.75, 3.05) is 11.4 Å². The van der Waals surface area contributed by atoms with E-state index >= 15 is 0 Å². The molecule has 28 heavy (non-hydrogen) atoms. The number of aldehydes is 1. The number of hydrogen-bond acceptors (Lipinski definition) is 6. The van der Waals surface area contributed by atoms with Gasteiger partial charge in [0.1, 0.15) is 11.9 Å². The van der Waals surface area contributed by atoms with Crippen molar-refractivity contribution in [2.45, 2.75) is 45.6 Å². The highest BCUT2D eigenvalue weighted by molar-refractivity contribution is 6.15. The lowest BCUT2D eigenvalue weighted by atomic mass is 9.78. The van der Waals surface area contributed by atoms with Crippen molar-refractivity contribution in [3.8, 4) is 0 Å². The van der Waals surface area contributed by atoms with E-state index in [1.807, 2.05) is 0 Å². The van der Waals surface area contributed by atoms with Crippen LogP contribution in [0.25, 0.3) is 0 Å². The van der Waals surface area contributed by atoms with Gasteiger partial charge in [-0.15, -0.1) is 0 Å². The van der Waals surface area contributed by atoms with Crippen molar-refractivity contribution in [1.29, 1.82) is 0 Å². The molecule has 0 saturated carbocycles. The lowest BCUT2D eigenvalue weighted by molar-refractivity contribution is -0.155. The Balaban J connectivity index is 1.86. The number of hydrogen-bond donors (Lipinski definition) is 0. The molecule has 2 saturated heterocycles. The number of nitrogens with zero attached hydrogens (tertiary/aromatic N) is 2. The van der Waals surface area contributed by atoms with Crippen molar-refractivity contribution in [2.24, 2.45) is 5.41 Å². The molecule has 1 aromatic rings. The molecule has 1 unspecified atom stereocenters. The van der Waals surface area contributed by atoms with Gasteiger partial charge in [-0.1, -0.05) is 0 Å². The number of imide groups is 3. The summed E-state index contributed by atoms with van der Waals surface area (Å²) in [6, 6.07) is 6.43. The number of piperidine rings is 1. The number of amides is 4. The van der Waals surface area contributed by atoms with E-state index in [1.165, 1.54) is 4.90 Å². The van der Waals surface area contributed by atoms with Crippen LogP contribution in [0.5, 0.6) is 0 Å². The van der Waals surface area contributed by atoms with Crippen molar-refractivity contribution in [3.05, 3.63) is 29.8 Å². The van der Waals surface area contributed by atoms with Crippen molar-refractivity contribution in [3.63, 3.8) is 0 Å². The largest absolute Gasteiger partial charge is 0.443 e. The topological polar surface area (TPSA) is 101 Å². The zero-order valence-electron chi connectivity index (χ0n) is 16.1. The predicted octanol–water partition coefficient (Wildman–Crippen LogP) is 2.31. The van der Waals surface area contributed by atoms with Gasteiger partial charge in [-0.25, -0.2) is 4.79 Å². The second-order valence-corrected chi connectivity index (χ2v) is 8.16. The predicted molar refractivity (Wildman–Crippen MR) is 98.6 cm³/mol. The highest BCUT2D eigenvalue weighted by Crippen LogP contribution is 2.43. The van der Waals surface area contributed by atoms with Gasteiger partial charge in [0.05, 0.1) is 5.41 Å². The zero-order valence-corrected chi connectivity index (χ0v) is 16.1. The van der Waals surface area contributed by atoms with Gasteiger partial charge in [-0.3, -0.25) is 19.2 Å². The minimum Gasteiger partial charge on any atom is -0.443 e. The van der Waals surface area contributed by atoms with Gasteiger partial charge in [0.2, 0.25) is 17.7 Å². The maximum absolute atomic E-state index is 13.1. The smallest absolute Gasteiger partial charge is 0.424 e. The molecule has 8 nitrogen and oxygen atoms in total. The van der Waals surface area contributed by atoms with Crippen LogP contribution in [0.2, 0.25) is 0 Å². The standard InChI is InChI=1S/C20H22N2O6/c1-19(2,3)28-18(27)22-15(24)8-9-20(17(22)26)10-16(25)21(12-20)14-6-4-13(11-23)5-7-14/h4-7,11H,8-10,12H2,1-3H3. The summed E-state index contributed by atoms with van der Waals surface area (Å²) in [6.45, 7) is 4.99. The maximum Gasteiger partial charge on any atom is 0.424 e. The second kappa shape index (κ2) is 6.85. The fraction of sp³-hybridized carbons (Fsp3) is 0.450. The van der Waals surface area contributed by atoms with Crippen molar-refractivity contribution >= 4 is 35.8 Å². The second-order valence-electron chi connectivity index (χ2n) is 8.16. The molecule has 1 spiro atoms. The highest BCUT2D eigenvalue weighted by Gasteiger charge is 2.56. The van der Waals surface area contributed by atoms with Gasteiger partial charge in [-0.05, 0) is 51.5 Å². The zero-order chi connectivity index (χ0) is 20.7. The number of benzene rings is 1. The molecule has 2 aliphatic heterocycles. The summed E-state index contributed by atoms with van der Waals surface area (Å²) in [5, 5.41) is 0. The van der Waals surface area contributed by atoms with Crippen LogP contribution in [0.1, 0.15) is 50.4 Å². The van der Waals surface area contributed by atoms with Gasteiger partial charge >= 0.3 is 6.09 Å². The first-order valence-electron chi connectivity index (χ1n) is 9.02. The van der Waals surface area contributed by atoms with E-state index in [9.17, 15) is 24.0 Å². The van der Waals surface area contributed by atoms with Crippen LogP contribution in [0.15, 0.2) is 24.3 Å². The third-order valence-electron chi connectivity index (χ3n) is 4.89. The number of carbonyl (C=O) groups excluding carboxylic acids is 5. The van der Waals surface area contributed by atoms with Crippen molar-refractivity contribution < 1.29 is 28.7 Å². The molecule has 2 fully saturated rings. The van der Waals surface area contributed by atoms with Gasteiger partial charge in [0, 0.05) is 30.6 Å². The number of ether oxygens (including phenoxy) is 1. The first-order valence-corrected chi connectivity index (χ1v) is 9.02. The molecule has 0 N–H and O–H groups in total. The fourth-order valence-electron chi connectivity index (χ4n) is 3.52. The van der Waals surface area contributed by atoms with Gasteiger partial charge in [-0.2, -0.15) is 4.90 Å². The normalized spacial score (nSPS) is 22.8. The van der Waals surface area contributed by atoms with E-state index in [1.54, 1.807) is 45.0 Å². The Hall–Kier alpha value is -3.03. The van der Waals surface area contributed by atoms with Crippen LogP contribution in [0.3, 0.4) is 0 Å². The van der Waals surface area contributed by atoms with Crippen LogP contribution >= 0.6 is 0 Å². The van der Waals surface area contributed by atoms with Crippen LogP contribution in [0, 0.1) is 5.41 Å². The van der Waals surface area contributed by atoms with E-state index in [0.29, 0.717) is 22.4 Å². The number of anilines is 1. The molecule has 2 heterocycles. The van der Waals surface area contributed by atoms with Crippen molar-refractivity contribution in [1.82, 2.24) is 4.90 Å². The molecule has 1 atom stereocenters. The van der Waals surface area contributed by atoms with Crippen LogP contribution in [-0.4, -0.2) is 47.1 Å². The summed E-state index contributed by atoms with van der Waals surface area (Å²) >= 11 is 0. The summed E-state index contributed by atoms with van der Waals surface area (Å²) < 4.78 is 5.20. The number of rotatable bonds is 2. The molecule has 1 aromatic carbocycles. The van der Waals surface area contributed by atoms with Gasteiger partial charge < -0.3 is 9.64 Å². The van der Waals surface area contributed by atoms with Gasteiger partial charge in [0.15, 0.2) is 0 Å². The van der Waals surface area contributed by atoms with E-state index in [0.717, 1.165) is 0 Å². The maximum atomic E-state index is 13.1. The Labute approximate surface area is 162 Å². The summed E-state index contributed by atoms with van der Waals surface area (Å²) in [5.41, 5.74) is -0.979. The van der Waals surface area contributed by atoms with Crippen LogP contribution < -0.4 is 4.90 Å².